The Hall–Kier alpha value is -2.23. The highest BCUT2D eigenvalue weighted by Crippen LogP contribution is 2.37. The van der Waals surface area contributed by atoms with Crippen LogP contribution in [0.3, 0.4) is 0 Å². The molecule has 8 nitrogen and oxygen atoms in total. The van der Waals surface area contributed by atoms with Gasteiger partial charge >= 0.3 is 5.97 Å². The summed E-state index contributed by atoms with van der Waals surface area (Å²) < 4.78 is 16.1. The zero-order chi connectivity index (χ0) is 18.8. The maximum Gasteiger partial charge on any atom is 0.348 e. The Kier molecular flexibility index (Phi) is 5.40. The van der Waals surface area contributed by atoms with Crippen molar-refractivity contribution in [1.29, 1.82) is 0 Å². The Balaban J connectivity index is 1.90. The highest BCUT2D eigenvalue weighted by atomic mass is 16.7. The summed E-state index contributed by atoms with van der Waals surface area (Å²) in [5.41, 5.74) is 0.690. The molecular formula is C18H20O8. The summed E-state index contributed by atoms with van der Waals surface area (Å²) in [6.45, 7) is 1.25. The van der Waals surface area contributed by atoms with E-state index in [9.17, 15) is 25.2 Å². The number of carbonyl (C=O) groups is 1. The molecule has 1 saturated heterocycles. The van der Waals surface area contributed by atoms with Crippen LogP contribution >= 0.6 is 0 Å². The Morgan fingerprint density at radius 1 is 1.19 bits per heavy atom. The summed E-state index contributed by atoms with van der Waals surface area (Å²) in [4.78, 5) is 12.2. The topological polar surface area (TPSA) is 126 Å². The Morgan fingerprint density at radius 3 is 2.65 bits per heavy atom. The van der Waals surface area contributed by atoms with Gasteiger partial charge in [-0.15, -0.1) is 0 Å². The van der Waals surface area contributed by atoms with E-state index >= 15 is 0 Å². The highest BCUT2D eigenvalue weighted by Gasteiger charge is 2.45. The summed E-state index contributed by atoms with van der Waals surface area (Å²) in [6.07, 6.45) is -1.96. The van der Waals surface area contributed by atoms with E-state index in [0.29, 0.717) is 11.3 Å². The second-order valence-corrected chi connectivity index (χ2v) is 5.94. The molecule has 0 radical (unpaired) electrons. The first-order valence-corrected chi connectivity index (χ1v) is 8.13. The van der Waals surface area contributed by atoms with E-state index in [0.717, 1.165) is 0 Å². The second-order valence-electron chi connectivity index (χ2n) is 5.94. The largest absolute Gasteiger partial charge is 0.461 e. The van der Waals surface area contributed by atoms with Crippen molar-refractivity contribution in [2.45, 2.75) is 37.6 Å². The quantitative estimate of drug-likeness (QED) is 0.548. The van der Waals surface area contributed by atoms with Crippen LogP contribution in [0.1, 0.15) is 22.8 Å². The van der Waals surface area contributed by atoms with Gasteiger partial charge in [-0.1, -0.05) is 24.3 Å². The Labute approximate surface area is 149 Å². The molecule has 0 saturated carbocycles. The van der Waals surface area contributed by atoms with Gasteiger partial charge in [-0.2, -0.15) is 0 Å². The molecule has 4 N–H and O–H groups in total. The molecule has 2 heterocycles. The minimum Gasteiger partial charge on any atom is -0.461 e. The third kappa shape index (κ3) is 3.25. The van der Waals surface area contributed by atoms with E-state index in [1.54, 1.807) is 30.4 Å². The van der Waals surface area contributed by atoms with E-state index in [1.165, 1.54) is 6.07 Å². The zero-order valence-corrected chi connectivity index (χ0v) is 14.0. The summed E-state index contributed by atoms with van der Waals surface area (Å²) in [5, 5.41) is 39.0. The normalized spacial score (nSPS) is 32.7. The molecular weight excluding hydrogens is 344 g/mol. The molecule has 0 aliphatic carbocycles. The summed E-state index contributed by atoms with van der Waals surface area (Å²) in [6, 6.07) is 4.83. The molecule has 2 unspecified atom stereocenters. The number of hydrogen-bond donors (Lipinski definition) is 4. The SMILES string of the molecule is C/C=C/C=C1\OC(=O)c2c(O[C@@H]3OC(CO)[C@@H](O)[C@H](O)C3O)cccc21. The molecule has 0 amide bonds. The lowest BCUT2D eigenvalue weighted by Crippen LogP contribution is -2.60. The number of ether oxygens (including phenoxy) is 3. The molecule has 1 fully saturated rings. The van der Waals surface area contributed by atoms with Gasteiger partial charge in [0, 0.05) is 5.56 Å². The first-order valence-electron chi connectivity index (χ1n) is 8.13. The van der Waals surface area contributed by atoms with Crippen molar-refractivity contribution in [3.05, 3.63) is 47.6 Å². The number of carbonyl (C=O) groups excluding carboxylic acids is 1. The third-order valence-corrected chi connectivity index (χ3v) is 4.23. The van der Waals surface area contributed by atoms with Crippen LogP contribution in [0.25, 0.3) is 5.76 Å². The molecule has 26 heavy (non-hydrogen) atoms. The van der Waals surface area contributed by atoms with Gasteiger partial charge < -0.3 is 34.6 Å². The van der Waals surface area contributed by atoms with Crippen molar-refractivity contribution in [2.24, 2.45) is 0 Å². The van der Waals surface area contributed by atoms with Crippen LogP contribution in [0.15, 0.2) is 36.4 Å². The molecule has 3 rings (SSSR count). The molecule has 2 aliphatic heterocycles. The molecule has 0 aromatic heterocycles. The van der Waals surface area contributed by atoms with E-state index in [2.05, 4.69) is 0 Å². The lowest BCUT2D eigenvalue weighted by atomic mass is 9.99. The smallest absolute Gasteiger partial charge is 0.348 e. The molecule has 2 aliphatic rings. The number of allylic oxidation sites excluding steroid dienone is 3. The number of esters is 1. The van der Waals surface area contributed by atoms with Crippen molar-refractivity contribution in [1.82, 2.24) is 0 Å². The fraction of sp³-hybridized carbons (Fsp3) is 0.389. The second kappa shape index (κ2) is 7.56. The van der Waals surface area contributed by atoms with Gasteiger partial charge in [0.05, 0.1) is 6.61 Å². The molecule has 0 spiro atoms. The first-order chi connectivity index (χ1) is 12.5. The maximum atomic E-state index is 12.2. The van der Waals surface area contributed by atoms with Crippen LogP contribution in [0, 0.1) is 0 Å². The van der Waals surface area contributed by atoms with Crippen molar-refractivity contribution < 1.29 is 39.4 Å². The van der Waals surface area contributed by atoms with E-state index in [4.69, 9.17) is 14.2 Å². The lowest BCUT2D eigenvalue weighted by molar-refractivity contribution is -0.277. The number of hydrogen-bond acceptors (Lipinski definition) is 8. The number of fused-ring (bicyclic) bond motifs is 1. The summed E-state index contributed by atoms with van der Waals surface area (Å²) in [7, 11) is 0. The van der Waals surface area contributed by atoms with Crippen LogP contribution in [0.5, 0.6) is 5.75 Å². The Morgan fingerprint density at radius 2 is 1.96 bits per heavy atom. The van der Waals surface area contributed by atoms with Crippen LogP contribution in [-0.4, -0.2) is 63.7 Å². The molecule has 0 bridgehead atoms. The monoisotopic (exact) mass is 364 g/mol. The molecule has 140 valence electrons. The van der Waals surface area contributed by atoms with Crippen LogP contribution in [0.2, 0.25) is 0 Å². The standard InChI is InChI=1S/C18H20O8/c1-2-3-6-10-9-5-4-7-11(13(9)17(23)24-10)25-18-16(22)15(21)14(20)12(8-19)26-18/h2-7,12,14-16,18-22H,8H2,1H3/b3-2+,10-6-/t12?,14-,15+,16?,18-/m1/s1. The van der Waals surface area contributed by atoms with Gasteiger partial charge in [-0.25, -0.2) is 4.79 Å². The molecule has 5 atom stereocenters. The number of rotatable bonds is 4. The fourth-order valence-corrected chi connectivity index (χ4v) is 2.85. The fourth-order valence-electron chi connectivity index (χ4n) is 2.85. The molecule has 8 heteroatoms. The van der Waals surface area contributed by atoms with E-state index in [-0.39, 0.29) is 11.3 Å². The number of aliphatic hydroxyl groups excluding tert-OH is 4. The van der Waals surface area contributed by atoms with E-state index < -0.39 is 43.3 Å². The number of aliphatic hydroxyl groups is 4. The van der Waals surface area contributed by atoms with Gasteiger partial charge in [-0.3, -0.25) is 0 Å². The summed E-state index contributed by atoms with van der Waals surface area (Å²) >= 11 is 0. The lowest BCUT2D eigenvalue weighted by Gasteiger charge is -2.39. The van der Waals surface area contributed by atoms with Crippen molar-refractivity contribution in [3.63, 3.8) is 0 Å². The van der Waals surface area contributed by atoms with Crippen molar-refractivity contribution >= 4 is 11.7 Å². The third-order valence-electron chi connectivity index (χ3n) is 4.23. The molecule has 1 aromatic rings. The van der Waals surface area contributed by atoms with Gasteiger partial charge in [0.15, 0.2) is 0 Å². The van der Waals surface area contributed by atoms with Crippen molar-refractivity contribution in [3.8, 4) is 5.75 Å². The van der Waals surface area contributed by atoms with Gasteiger partial charge in [0.1, 0.15) is 41.5 Å². The Bertz CT molecular complexity index is 739. The van der Waals surface area contributed by atoms with Crippen molar-refractivity contribution in [2.75, 3.05) is 6.61 Å². The predicted octanol–water partition coefficient (Wildman–Crippen LogP) is -0.0473. The van der Waals surface area contributed by atoms with Gasteiger partial charge in [-0.05, 0) is 19.1 Å². The van der Waals surface area contributed by atoms with Crippen LogP contribution < -0.4 is 4.74 Å². The van der Waals surface area contributed by atoms with Gasteiger partial charge in [0.25, 0.3) is 0 Å². The predicted molar refractivity (Wildman–Crippen MR) is 89.0 cm³/mol. The number of cyclic esters (lactones) is 1. The summed E-state index contributed by atoms with van der Waals surface area (Å²) in [5.74, 6) is -0.154. The number of benzene rings is 1. The van der Waals surface area contributed by atoms with Crippen LogP contribution in [-0.2, 0) is 9.47 Å². The van der Waals surface area contributed by atoms with Gasteiger partial charge in [0.2, 0.25) is 6.29 Å². The van der Waals surface area contributed by atoms with Crippen LogP contribution in [0.4, 0.5) is 0 Å². The minimum atomic E-state index is -1.57. The average molecular weight is 364 g/mol. The minimum absolute atomic E-state index is 0.0979. The maximum absolute atomic E-state index is 12.2. The first kappa shape index (κ1) is 18.6. The highest BCUT2D eigenvalue weighted by molar-refractivity contribution is 6.05. The average Bonchev–Trinajstić information content (AvgIpc) is 2.97. The van der Waals surface area contributed by atoms with E-state index in [1.807, 2.05) is 6.92 Å². The molecule has 1 aromatic carbocycles. The zero-order valence-electron chi connectivity index (χ0n) is 14.0.